The molecule has 3 rings (SSSR count). The lowest BCUT2D eigenvalue weighted by Gasteiger charge is -2.23. The predicted octanol–water partition coefficient (Wildman–Crippen LogP) is 4.52. The molecule has 0 aliphatic carbocycles. The van der Waals surface area contributed by atoms with E-state index < -0.39 is 23.6 Å². The maximum Gasteiger partial charge on any atom is 0.408 e. The van der Waals surface area contributed by atoms with Crippen LogP contribution < -0.4 is 10.8 Å². The molecule has 3 aromatic rings. The van der Waals surface area contributed by atoms with E-state index in [2.05, 4.69) is 10.8 Å². The van der Waals surface area contributed by atoms with Gasteiger partial charge in [-0.3, -0.25) is 9.63 Å². The third kappa shape index (κ3) is 7.12. The lowest BCUT2D eigenvalue weighted by molar-refractivity contribution is -0.136. The summed E-state index contributed by atoms with van der Waals surface area (Å²) >= 11 is 0. The van der Waals surface area contributed by atoms with Crippen LogP contribution in [-0.2, 0) is 27.4 Å². The first-order valence-electron chi connectivity index (χ1n) is 10.2. The van der Waals surface area contributed by atoms with Gasteiger partial charge in [0.1, 0.15) is 11.6 Å². The Labute approximate surface area is 182 Å². The Morgan fingerprint density at radius 3 is 2.26 bits per heavy atom. The number of alkyl carbamates (subject to hydrolysis) is 1. The Morgan fingerprint density at radius 1 is 0.871 bits per heavy atom. The van der Waals surface area contributed by atoms with Gasteiger partial charge in [-0.1, -0.05) is 72.8 Å². The van der Waals surface area contributed by atoms with Gasteiger partial charge in [0.15, 0.2) is 0 Å². The van der Waals surface area contributed by atoms with Gasteiger partial charge in [-0.2, -0.15) is 0 Å². The van der Waals surface area contributed by atoms with Crippen molar-refractivity contribution in [3.63, 3.8) is 0 Å². The molecule has 6 nitrogen and oxygen atoms in total. The lowest BCUT2D eigenvalue weighted by Crippen LogP contribution is -2.49. The largest absolute Gasteiger partial charge is 0.444 e. The number of hydroxylamine groups is 1. The van der Waals surface area contributed by atoms with Crippen LogP contribution in [0.3, 0.4) is 0 Å². The molecule has 0 saturated heterocycles. The highest BCUT2D eigenvalue weighted by Crippen LogP contribution is 2.17. The maximum absolute atomic E-state index is 12.8. The van der Waals surface area contributed by atoms with Gasteiger partial charge in [0, 0.05) is 6.42 Å². The summed E-state index contributed by atoms with van der Waals surface area (Å²) in [5, 5.41) is 4.84. The van der Waals surface area contributed by atoms with Crippen LogP contribution >= 0.6 is 0 Å². The summed E-state index contributed by atoms with van der Waals surface area (Å²) in [5.41, 5.74) is 3.62. The number of ether oxygens (including phenoxy) is 1. The van der Waals surface area contributed by atoms with Crippen molar-refractivity contribution in [1.29, 1.82) is 0 Å². The maximum atomic E-state index is 12.8. The number of fused-ring (bicyclic) bond motifs is 1. The highest BCUT2D eigenvalue weighted by Gasteiger charge is 2.25. The molecule has 2 N–H and O–H groups in total. The minimum absolute atomic E-state index is 0.224. The van der Waals surface area contributed by atoms with Gasteiger partial charge in [-0.15, -0.1) is 0 Å². The smallest absolute Gasteiger partial charge is 0.408 e. The van der Waals surface area contributed by atoms with E-state index in [4.69, 9.17) is 9.57 Å². The van der Waals surface area contributed by atoms with Gasteiger partial charge in [0.2, 0.25) is 0 Å². The van der Waals surface area contributed by atoms with Crippen molar-refractivity contribution in [2.75, 3.05) is 0 Å². The van der Waals surface area contributed by atoms with E-state index >= 15 is 0 Å². The number of nitrogens with one attached hydrogen (secondary N) is 2. The topological polar surface area (TPSA) is 76.7 Å². The van der Waals surface area contributed by atoms with E-state index in [1.54, 1.807) is 20.8 Å². The second kappa shape index (κ2) is 10.1. The summed E-state index contributed by atoms with van der Waals surface area (Å²) in [4.78, 5) is 30.5. The van der Waals surface area contributed by atoms with Crippen molar-refractivity contribution < 1.29 is 19.2 Å². The molecule has 162 valence electrons. The van der Waals surface area contributed by atoms with Crippen LogP contribution in [0.2, 0.25) is 0 Å². The van der Waals surface area contributed by atoms with Crippen LogP contribution in [0.4, 0.5) is 4.79 Å². The monoisotopic (exact) mass is 420 g/mol. The van der Waals surface area contributed by atoms with E-state index in [9.17, 15) is 9.59 Å². The SMILES string of the molecule is CC(C)(C)OC(=O)N[C@@H](Cc1ccc2ccccc2c1)C(=O)NOCc1ccccc1. The first kappa shape index (κ1) is 22.3. The number of carbonyl (C=O) groups is 2. The normalized spacial score (nSPS) is 12.2. The van der Waals surface area contributed by atoms with Gasteiger partial charge < -0.3 is 10.1 Å². The number of hydrogen-bond donors (Lipinski definition) is 2. The first-order valence-corrected chi connectivity index (χ1v) is 10.2. The van der Waals surface area contributed by atoms with Crippen LogP contribution in [0, 0.1) is 0 Å². The van der Waals surface area contributed by atoms with Crippen LogP contribution in [-0.4, -0.2) is 23.6 Å². The molecular formula is C25H28N2O4. The first-order chi connectivity index (χ1) is 14.8. The van der Waals surface area contributed by atoms with Gasteiger partial charge in [-0.05, 0) is 42.7 Å². The van der Waals surface area contributed by atoms with Crippen molar-refractivity contribution in [1.82, 2.24) is 10.8 Å². The Kier molecular flexibility index (Phi) is 7.26. The molecule has 0 heterocycles. The molecule has 2 amide bonds. The second-order valence-electron chi connectivity index (χ2n) is 8.33. The third-order valence-electron chi connectivity index (χ3n) is 4.52. The van der Waals surface area contributed by atoms with E-state index in [1.807, 2.05) is 72.8 Å². The summed E-state index contributed by atoms with van der Waals surface area (Å²) < 4.78 is 5.33. The minimum Gasteiger partial charge on any atom is -0.444 e. The molecule has 0 fully saturated rings. The van der Waals surface area contributed by atoms with E-state index in [0.717, 1.165) is 21.9 Å². The van der Waals surface area contributed by atoms with E-state index in [-0.39, 0.29) is 6.61 Å². The summed E-state index contributed by atoms with van der Waals surface area (Å²) in [6, 6.07) is 22.6. The number of amides is 2. The van der Waals surface area contributed by atoms with E-state index in [1.165, 1.54) is 0 Å². The van der Waals surface area contributed by atoms with Gasteiger partial charge >= 0.3 is 6.09 Å². The molecule has 0 radical (unpaired) electrons. The quantitative estimate of drug-likeness (QED) is 0.551. The summed E-state index contributed by atoms with van der Waals surface area (Å²) in [6.45, 7) is 5.54. The molecule has 0 aliphatic heterocycles. The van der Waals surface area contributed by atoms with Crippen molar-refractivity contribution in [2.24, 2.45) is 0 Å². The summed E-state index contributed by atoms with van der Waals surface area (Å²) in [6.07, 6.45) is -0.360. The molecular weight excluding hydrogens is 392 g/mol. The molecule has 0 unspecified atom stereocenters. The summed E-state index contributed by atoms with van der Waals surface area (Å²) in [5.74, 6) is -0.449. The molecule has 0 bridgehead atoms. The molecule has 0 aliphatic rings. The predicted molar refractivity (Wildman–Crippen MR) is 120 cm³/mol. The summed E-state index contributed by atoms with van der Waals surface area (Å²) in [7, 11) is 0. The number of hydrogen-bond acceptors (Lipinski definition) is 4. The molecule has 3 aromatic carbocycles. The van der Waals surface area contributed by atoms with Gasteiger partial charge in [-0.25, -0.2) is 10.3 Å². The zero-order valence-electron chi connectivity index (χ0n) is 18.1. The van der Waals surface area contributed by atoms with Crippen molar-refractivity contribution >= 4 is 22.8 Å². The Hall–Kier alpha value is -3.38. The van der Waals surface area contributed by atoms with Gasteiger partial charge in [0.25, 0.3) is 5.91 Å². The fourth-order valence-corrected chi connectivity index (χ4v) is 3.10. The minimum atomic E-state index is -0.855. The third-order valence-corrected chi connectivity index (χ3v) is 4.52. The lowest BCUT2D eigenvalue weighted by atomic mass is 10.0. The Bertz CT molecular complexity index is 1030. The fourth-order valence-electron chi connectivity index (χ4n) is 3.10. The highest BCUT2D eigenvalue weighted by molar-refractivity contribution is 5.86. The average molecular weight is 421 g/mol. The van der Waals surface area contributed by atoms with Crippen molar-refractivity contribution in [2.45, 2.75) is 45.4 Å². The molecule has 1 atom stereocenters. The Morgan fingerprint density at radius 2 is 1.55 bits per heavy atom. The highest BCUT2D eigenvalue weighted by atomic mass is 16.7. The molecule has 6 heteroatoms. The number of rotatable bonds is 7. The molecule has 0 aromatic heterocycles. The number of carbonyl (C=O) groups excluding carboxylic acids is 2. The van der Waals surface area contributed by atoms with Crippen molar-refractivity contribution in [3.05, 3.63) is 83.9 Å². The van der Waals surface area contributed by atoms with Crippen molar-refractivity contribution in [3.8, 4) is 0 Å². The average Bonchev–Trinajstić information content (AvgIpc) is 2.72. The van der Waals surface area contributed by atoms with Crippen LogP contribution in [0.15, 0.2) is 72.8 Å². The molecule has 0 saturated carbocycles. The molecule has 0 spiro atoms. The second-order valence-corrected chi connectivity index (χ2v) is 8.33. The van der Waals surface area contributed by atoms with Crippen LogP contribution in [0.5, 0.6) is 0 Å². The molecule has 31 heavy (non-hydrogen) atoms. The fraction of sp³-hybridized carbons (Fsp3) is 0.280. The zero-order chi connectivity index (χ0) is 22.3. The zero-order valence-corrected chi connectivity index (χ0v) is 18.1. The Balaban J connectivity index is 1.69. The van der Waals surface area contributed by atoms with Crippen LogP contribution in [0.25, 0.3) is 10.8 Å². The number of benzene rings is 3. The standard InChI is InChI=1S/C25H28N2O4/c1-25(2,3)31-24(29)26-22(23(28)27-30-17-18-9-5-4-6-10-18)16-19-13-14-20-11-7-8-12-21(20)15-19/h4-15,22H,16-17H2,1-3H3,(H,26,29)(H,27,28)/t22-/m0/s1. The van der Waals surface area contributed by atoms with Gasteiger partial charge in [0.05, 0.1) is 6.61 Å². The van der Waals surface area contributed by atoms with E-state index in [0.29, 0.717) is 6.42 Å². The van der Waals surface area contributed by atoms with Crippen LogP contribution in [0.1, 0.15) is 31.9 Å².